The van der Waals surface area contributed by atoms with E-state index in [0.29, 0.717) is 19.5 Å². The summed E-state index contributed by atoms with van der Waals surface area (Å²) in [5.41, 5.74) is 5.15. The lowest BCUT2D eigenvalue weighted by Crippen LogP contribution is -2.41. The molecule has 0 saturated carbocycles. The lowest BCUT2D eigenvalue weighted by Gasteiger charge is -2.27. The number of halogens is 1. The Labute approximate surface area is 148 Å². The van der Waals surface area contributed by atoms with Crippen molar-refractivity contribution >= 4 is 24.2 Å². The number of amides is 2. The van der Waals surface area contributed by atoms with E-state index in [1.807, 2.05) is 44.2 Å². The van der Waals surface area contributed by atoms with Crippen molar-refractivity contribution in [2.75, 3.05) is 13.1 Å². The maximum Gasteiger partial charge on any atom is 0.244 e. The summed E-state index contributed by atoms with van der Waals surface area (Å²) in [5.74, 6) is -0.308. The highest BCUT2D eigenvalue weighted by atomic mass is 35.5. The predicted octanol–water partition coefficient (Wildman–Crippen LogP) is 1.93. The van der Waals surface area contributed by atoms with Crippen LogP contribution in [-0.4, -0.2) is 35.1 Å². The summed E-state index contributed by atoms with van der Waals surface area (Å²) in [5, 5.41) is 10.4. The molecule has 1 aromatic carbocycles. The molecule has 0 radical (unpaired) electrons. The van der Waals surface area contributed by atoms with E-state index in [1.54, 1.807) is 10.5 Å². The van der Waals surface area contributed by atoms with Gasteiger partial charge in [0.05, 0.1) is 5.41 Å². The van der Waals surface area contributed by atoms with E-state index in [2.05, 4.69) is 5.43 Å². The molecular weight excluding hydrogens is 330 g/mol. The molecule has 0 aromatic heterocycles. The van der Waals surface area contributed by atoms with Gasteiger partial charge in [-0.25, -0.2) is 10.9 Å². The third-order valence-corrected chi connectivity index (χ3v) is 4.20. The van der Waals surface area contributed by atoms with Crippen LogP contribution in [-0.2, 0) is 16.0 Å². The van der Waals surface area contributed by atoms with E-state index in [0.717, 1.165) is 12.0 Å². The van der Waals surface area contributed by atoms with Crippen molar-refractivity contribution in [2.24, 2.45) is 11.3 Å². The average Bonchev–Trinajstić information content (AvgIpc) is 2.82. The first-order valence-electron chi connectivity index (χ1n) is 7.99. The van der Waals surface area contributed by atoms with Gasteiger partial charge in [0.15, 0.2) is 0 Å². The lowest BCUT2D eigenvalue weighted by atomic mass is 9.77. The van der Waals surface area contributed by atoms with Crippen LogP contribution in [0.4, 0.5) is 0 Å². The molecule has 3 N–H and O–H groups in total. The van der Waals surface area contributed by atoms with Gasteiger partial charge in [0.1, 0.15) is 0 Å². The maximum absolute atomic E-state index is 12.8. The number of nitrogens with zero attached hydrogens (tertiary/aromatic N) is 1. The number of hydrogen-bond acceptors (Lipinski definition) is 4. The van der Waals surface area contributed by atoms with Crippen LogP contribution in [0.2, 0.25) is 0 Å². The normalized spacial score (nSPS) is 20.2. The van der Waals surface area contributed by atoms with Crippen molar-refractivity contribution in [2.45, 2.75) is 33.1 Å². The SMILES string of the molecule is CC(C)CC1(CC(=O)NO)CNN(CCc2ccccc2)C1=O.Cl. The molecule has 6 nitrogen and oxygen atoms in total. The molecule has 0 spiro atoms. The Hall–Kier alpha value is -1.63. The van der Waals surface area contributed by atoms with Crippen LogP contribution in [0, 0.1) is 11.3 Å². The molecular formula is C17H26ClN3O3. The molecule has 1 aliphatic rings. The number of hydroxylamine groups is 1. The first kappa shape index (κ1) is 20.4. The van der Waals surface area contributed by atoms with Gasteiger partial charge in [0.25, 0.3) is 0 Å². The van der Waals surface area contributed by atoms with E-state index >= 15 is 0 Å². The topological polar surface area (TPSA) is 81.7 Å². The zero-order valence-electron chi connectivity index (χ0n) is 14.1. The molecule has 1 atom stereocenters. The zero-order chi connectivity index (χ0) is 16.9. The van der Waals surface area contributed by atoms with Crippen LogP contribution in [0.25, 0.3) is 0 Å². The highest BCUT2D eigenvalue weighted by Crippen LogP contribution is 2.35. The molecule has 0 bridgehead atoms. The molecule has 1 fully saturated rings. The van der Waals surface area contributed by atoms with Gasteiger partial charge in [-0.3, -0.25) is 19.8 Å². The minimum absolute atomic E-state index is 0. The van der Waals surface area contributed by atoms with Crippen LogP contribution < -0.4 is 10.9 Å². The highest BCUT2D eigenvalue weighted by molar-refractivity contribution is 5.90. The van der Waals surface area contributed by atoms with Crippen LogP contribution in [0.15, 0.2) is 30.3 Å². The van der Waals surface area contributed by atoms with Crippen molar-refractivity contribution in [3.8, 4) is 0 Å². The molecule has 7 heteroatoms. The smallest absolute Gasteiger partial charge is 0.244 e. The number of benzene rings is 1. The average molecular weight is 356 g/mol. The Morgan fingerprint density at radius 2 is 2.04 bits per heavy atom. The minimum atomic E-state index is -0.780. The Bertz CT molecular complexity index is 553. The van der Waals surface area contributed by atoms with Crippen molar-refractivity contribution in [1.29, 1.82) is 0 Å². The summed E-state index contributed by atoms with van der Waals surface area (Å²) in [6.45, 7) is 5.03. The molecule has 1 aliphatic heterocycles. The van der Waals surface area contributed by atoms with Gasteiger partial charge in [0, 0.05) is 19.5 Å². The molecule has 24 heavy (non-hydrogen) atoms. The van der Waals surface area contributed by atoms with Gasteiger partial charge >= 0.3 is 0 Å². The lowest BCUT2D eigenvalue weighted by molar-refractivity contribution is -0.143. The zero-order valence-corrected chi connectivity index (χ0v) is 14.9. The van der Waals surface area contributed by atoms with Gasteiger partial charge in [-0.05, 0) is 24.3 Å². The fourth-order valence-corrected chi connectivity index (χ4v) is 3.24. The molecule has 2 rings (SSSR count). The predicted molar refractivity (Wildman–Crippen MR) is 93.5 cm³/mol. The highest BCUT2D eigenvalue weighted by Gasteiger charge is 2.48. The first-order chi connectivity index (χ1) is 11.0. The number of hydrogen-bond donors (Lipinski definition) is 3. The fraction of sp³-hybridized carbons (Fsp3) is 0.529. The van der Waals surface area contributed by atoms with Crippen LogP contribution >= 0.6 is 12.4 Å². The minimum Gasteiger partial charge on any atom is -0.289 e. The summed E-state index contributed by atoms with van der Waals surface area (Å²) in [7, 11) is 0. The third-order valence-electron chi connectivity index (χ3n) is 4.20. The number of carbonyl (C=O) groups is 2. The van der Waals surface area contributed by atoms with Crippen molar-refractivity contribution in [3.63, 3.8) is 0 Å². The van der Waals surface area contributed by atoms with Crippen LogP contribution in [0.3, 0.4) is 0 Å². The van der Waals surface area contributed by atoms with Gasteiger partial charge in [-0.1, -0.05) is 44.2 Å². The second-order valence-electron chi connectivity index (χ2n) is 6.62. The molecule has 1 heterocycles. The number of nitrogens with one attached hydrogen (secondary N) is 2. The quantitative estimate of drug-likeness (QED) is 0.515. The molecule has 2 amide bonds. The molecule has 1 saturated heterocycles. The Kier molecular flexibility index (Phi) is 7.66. The summed E-state index contributed by atoms with van der Waals surface area (Å²) in [4.78, 5) is 24.5. The van der Waals surface area contributed by atoms with Crippen LogP contribution in [0.1, 0.15) is 32.3 Å². The molecule has 0 aliphatic carbocycles. The Morgan fingerprint density at radius 1 is 1.38 bits per heavy atom. The van der Waals surface area contributed by atoms with Crippen molar-refractivity contribution in [1.82, 2.24) is 15.9 Å². The summed E-state index contributed by atoms with van der Waals surface area (Å²) in [6.07, 6.45) is 1.35. The molecule has 1 aromatic rings. The van der Waals surface area contributed by atoms with Gasteiger partial charge < -0.3 is 0 Å². The van der Waals surface area contributed by atoms with E-state index < -0.39 is 11.3 Å². The largest absolute Gasteiger partial charge is 0.289 e. The fourth-order valence-electron chi connectivity index (χ4n) is 3.24. The van der Waals surface area contributed by atoms with Crippen LogP contribution in [0.5, 0.6) is 0 Å². The van der Waals surface area contributed by atoms with Crippen molar-refractivity contribution < 1.29 is 14.8 Å². The van der Waals surface area contributed by atoms with E-state index in [-0.39, 0.29) is 30.7 Å². The monoisotopic (exact) mass is 355 g/mol. The van der Waals surface area contributed by atoms with Gasteiger partial charge in [0.2, 0.25) is 11.8 Å². The van der Waals surface area contributed by atoms with E-state index in [9.17, 15) is 9.59 Å². The first-order valence-corrected chi connectivity index (χ1v) is 7.99. The summed E-state index contributed by atoms with van der Waals surface area (Å²) >= 11 is 0. The maximum atomic E-state index is 12.8. The molecule has 134 valence electrons. The molecule has 1 unspecified atom stereocenters. The van der Waals surface area contributed by atoms with Gasteiger partial charge in [-0.2, -0.15) is 0 Å². The third kappa shape index (κ3) is 4.93. The van der Waals surface area contributed by atoms with E-state index in [1.165, 1.54) is 0 Å². The Balaban J connectivity index is 0.00000288. The number of rotatable bonds is 7. The summed E-state index contributed by atoms with van der Waals surface area (Å²) < 4.78 is 0. The van der Waals surface area contributed by atoms with E-state index in [4.69, 9.17) is 5.21 Å². The standard InChI is InChI=1S/C17H25N3O3.ClH/c1-13(2)10-17(11-15(21)19-23)12-18-20(16(17)22)9-8-14-6-4-3-5-7-14;/h3-7,13,18,23H,8-12H2,1-2H3,(H,19,21);1H. The second-order valence-corrected chi connectivity index (χ2v) is 6.62. The van der Waals surface area contributed by atoms with Crippen molar-refractivity contribution in [3.05, 3.63) is 35.9 Å². The summed E-state index contributed by atoms with van der Waals surface area (Å²) in [6, 6.07) is 9.97. The van der Waals surface area contributed by atoms with Gasteiger partial charge in [-0.15, -0.1) is 12.4 Å². The number of carbonyl (C=O) groups excluding carboxylic acids is 2. The Morgan fingerprint density at radius 3 is 2.62 bits per heavy atom. The number of hydrazine groups is 1. The second kappa shape index (κ2) is 9.01.